The Hall–Kier alpha value is -5.58. The molecule has 2 unspecified atom stereocenters. The zero-order valence-corrected chi connectivity index (χ0v) is 27.0. The zero-order chi connectivity index (χ0) is 34.6. The van der Waals surface area contributed by atoms with Crippen molar-refractivity contribution in [2.45, 2.75) is 37.8 Å². The number of rotatable bonds is 14. The molecule has 0 aliphatic carbocycles. The minimum atomic E-state index is -0.772. The molecule has 248 valence electrons. The van der Waals surface area contributed by atoms with Crippen LogP contribution in [0.3, 0.4) is 0 Å². The predicted octanol–water partition coefficient (Wildman–Crippen LogP) is 3.82. The molecule has 0 heterocycles. The van der Waals surface area contributed by atoms with Gasteiger partial charge in [0.15, 0.2) is 0 Å². The molecular formula is C38H40N4O6. The lowest BCUT2D eigenvalue weighted by Gasteiger charge is -2.32. The van der Waals surface area contributed by atoms with Crippen molar-refractivity contribution in [1.82, 2.24) is 10.6 Å². The average Bonchev–Trinajstić information content (AvgIpc) is 3.08. The van der Waals surface area contributed by atoms with Gasteiger partial charge in [-0.15, -0.1) is 0 Å². The second kappa shape index (κ2) is 16.3. The zero-order valence-electron chi connectivity index (χ0n) is 27.0. The standard InChI is InChI=1S/C38H40N4O6/c1-37(41-33(43)25-39,23-27-9-5-3-6-10-27)29-13-17-31(18-14-29)47-35(45)21-22-36(46)48-32-19-15-30(16-20-32)38(2,42-34(44)26-40)24-28-11-7-4-8-12-28/h3-22H,23-26,39-40H2,1-2H3,(H,41,43)(H,42,44)/b22-21-. The Morgan fingerprint density at radius 3 is 1.21 bits per heavy atom. The van der Waals surface area contributed by atoms with Gasteiger partial charge in [-0.25, -0.2) is 9.59 Å². The molecule has 4 aromatic carbocycles. The van der Waals surface area contributed by atoms with E-state index in [9.17, 15) is 19.2 Å². The number of benzene rings is 4. The lowest BCUT2D eigenvalue weighted by atomic mass is 9.85. The summed E-state index contributed by atoms with van der Waals surface area (Å²) in [5.41, 5.74) is 13.2. The fraction of sp³-hybridized carbons (Fsp3) is 0.211. The van der Waals surface area contributed by atoms with E-state index in [1.165, 1.54) is 0 Å². The molecule has 0 fully saturated rings. The number of carbonyl (C=O) groups excluding carboxylic acids is 4. The summed E-state index contributed by atoms with van der Waals surface area (Å²) in [6, 6.07) is 32.9. The highest BCUT2D eigenvalue weighted by atomic mass is 16.5. The number of esters is 2. The van der Waals surface area contributed by atoms with Gasteiger partial charge in [-0.2, -0.15) is 0 Å². The van der Waals surface area contributed by atoms with Crippen molar-refractivity contribution in [1.29, 1.82) is 0 Å². The molecule has 0 spiro atoms. The number of nitrogens with one attached hydrogen (secondary N) is 2. The maximum atomic E-state index is 12.5. The van der Waals surface area contributed by atoms with E-state index in [1.807, 2.05) is 74.5 Å². The highest BCUT2D eigenvalue weighted by molar-refractivity contribution is 5.93. The van der Waals surface area contributed by atoms with Crippen LogP contribution in [0.5, 0.6) is 11.5 Å². The van der Waals surface area contributed by atoms with Gasteiger partial charge in [0.1, 0.15) is 11.5 Å². The Morgan fingerprint density at radius 2 is 0.896 bits per heavy atom. The van der Waals surface area contributed by atoms with Crippen LogP contribution in [0, 0.1) is 0 Å². The Labute approximate surface area is 280 Å². The average molecular weight is 649 g/mol. The third-order valence-electron chi connectivity index (χ3n) is 7.78. The summed E-state index contributed by atoms with van der Waals surface area (Å²) in [5, 5.41) is 5.99. The van der Waals surface area contributed by atoms with Gasteiger partial charge in [-0.05, 0) is 73.2 Å². The van der Waals surface area contributed by atoms with E-state index in [4.69, 9.17) is 20.9 Å². The van der Waals surface area contributed by atoms with Crippen LogP contribution in [0.4, 0.5) is 0 Å². The molecule has 4 aromatic rings. The summed E-state index contributed by atoms with van der Waals surface area (Å²) in [6.07, 6.45) is 2.99. The van der Waals surface area contributed by atoms with Crippen LogP contribution < -0.4 is 31.6 Å². The molecule has 4 rings (SSSR count). The molecule has 0 radical (unpaired) electrons. The summed E-state index contributed by atoms with van der Waals surface area (Å²) in [7, 11) is 0. The van der Waals surface area contributed by atoms with E-state index in [1.54, 1.807) is 48.5 Å². The summed E-state index contributed by atoms with van der Waals surface area (Å²) >= 11 is 0. The van der Waals surface area contributed by atoms with Crippen molar-refractivity contribution in [2.24, 2.45) is 11.5 Å². The highest BCUT2D eigenvalue weighted by Gasteiger charge is 2.30. The quantitative estimate of drug-likeness (QED) is 0.0911. The van der Waals surface area contributed by atoms with E-state index in [-0.39, 0.29) is 36.4 Å². The molecular weight excluding hydrogens is 608 g/mol. The van der Waals surface area contributed by atoms with Crippen LogP contribution in [0.2, 0.25) is 0 Å². The number of hydrogen-bond donors (Lipinski definition) is 4. The summed E-state index contributed by atoms with van der Waals surface area (Å²) in [4.78, 5) is 49.4. The number of amides is 2. The van der Waals surface area contributed by atoms with Crippen molar-refractivity contribution >= 4 is 23.8 Å². The molecule has 0 saturated heterocycles. The van der Waals surface area contributed by atoms with Gasteiger partial charge < -0.3 is 31.6 Å². The SMILES string of the molecule is CC(Cc1ccccc1)(NC(=O)CN)c1ccc(OC(=O)/C=C\C(=O)Oc2ccc(C(C)(Cc3ccccc3)NC(=O)CN)cc2)cc1. The number of hydrogen-bond acceptors (Lipinski definition) is 8. The van der Waals surface area contributed by atoms with Crippen LogP contribution >= 0.6 is 0 Å². The molecule has 48 heavy (non-hydrogen) atoms. The van der Waals surface area contributed by atoms with Crippen molar-refractivity contribution in [3.05, 3.63) is 144 Å². The largest absolute Gasteiger partial charge is 0.423 e. The van der Waals surface area contributed by atoms with Gasteiger partial charge in [0.25, 0.3) is 0 Å². The van der Waals surface area contributed by atoms with Crippen LogP contribution in [0.1, 0.15) is 36.1 Å². The summed E-state index contributed by atoms with van der Waals surface area (Å²) in [5.74, 6) is -1.63. The molecule has 2 atom stereocenters. The van der Waals surface area contributed by atoms with Gasteiger partial charge in [-0.3, -0.25) is 9.59 Å². The van der Waals surface area contributed by atoms with Crippen LogP contribution in [-0.4, -0.2) is 36.8 Å². The van der Waals surface area contributed by atoms with Crippen LogP contribution in [0.25, 0.3) is 0 Å². The summed E-state index contributed by atoms with van der Waals surface area (Å²) in [6.45, 7) is 3.51. The Morgan fingerprint density at radius 1 is 0.562 bits per heavy atom. The van der Waals surface area contributed by atoms with Crippen LogP contribution in [-0.2, 0) is 43.1 Å². The van der Waals surface area contributed by atoms with Crippen molar-refractivity contribution in [3.63, 3.8) is 0 Å². The van der Waals surface area contributed by atoms with E-state index < -0.39 is 23.0 Å². The van der Waals surface area contributed by atoms with Crippen molar-refractivity contribution in [2.75, 3.05) is 13.1 Å². The fourth-order valence-electron chi connectivity index (χ4n) is 5.38. The smallest absolute Gasteiger partial charge is 0.336 e. The molecule has 0 aliphatic heterocycles. The molecule has 10 nitrogen and oxygen atoms in total. The van der Waals surface area contributed by atoms with E-state index in [0.717, 1.165) is 34.4 Å². The summed E-state index contributed by atoms with van der Waals surface area (Å²) < 4.78 is 10.7. The second-order valence-corrected chi connectivity index (χ2v) is 11.7. The fourth-order valence-corrected chi connectivity index (χ4v) is 5.38. The van der Waals surface area contributed by atoms with Gasteiger partial charge >= 0.3 is 11.9 Å². The molecule has 10 heteroatoms. The van der Waals surface area contributed by atoms with Crippen molar-refractivity contribution in [3.8, 4) is 11.5 Å². The van der Waals surface area contributed by atoms with Gasteiger partial charge in [0.2, 0.25) is 11.8 Å². The van der Waals surface area contributed by atoms with Crippen LogP contribution in [0.15, 0.2) is 121 Å². The molecule has 6 N–H and O–H groups in total. The second-order valence-electron chi connectivity index (χ2n) is 11.7. The number of carbonyl (C=O) groups is 4. The van der Waals surface area contributed by atoms with Gasteiger partial charge in [-0.1, -0.05) is 84.9 Å². The van der Waals surface area contributed by atoms with Crippen molar-refractivity contribution < 1.29 is 28.7 Å². The molecule has 0 aliphatic rings. The monoisotopic (exact) mass is 648 g/mol. The van der Waals surface area contributed by atoms with Gasteiger partial charge in [0.05, 0.1) is 24.2 Å². The molecule has 0 bridgehead atoms. The molecule has 0 saturated carbocycles. The maximum Gasteiger partial charge on any atom is 0.336 e. The lowest BCUT2D eigenvalue weighted by molar-refractivity contribution is -0.131. The Kier molecular flexibility index (Phi) is 12.0. The predicted molar refractivity (Wildman–Crippen MR) is 183 cm³/mol. The minimum absolute atomic E-state index is 0.150. The van der Waals surface area contributed by atoms with Gasteiger partial charge in [0, 0.05) is 12.2 Å². The topological polar surface area (TPSA) is 163 Å². The first-order valence-electron chi connectivity index (χ1n) is 15.4. The first kappa shape index (κ1) is 35.3. The van der Waals surface area contributed by atoms with E-state index in [2.05, 4.69) is 10.6 Å². The Bertz CT molecular complexity index is 1600. The minimum Gasteiger partial charge on any atom is -0.423 e. The highest BCUT2D eigenvalue weighted by Crippen LogP contribution is 2.29. The maximum absolute atomic E-state index is 12.5. The lowest BCUT2D eigenvalue weighted by Crippen LogP contribution is -2.47. The van der Waals surface area contributed by atoms with E-state index in [0.29, 0.717) is 12.8 Å². The number of ether oxygens (including phenoxy) is 2. The number of nitrogens with two attached hydrogens (primary N) is 2. The van der Waals surface area contributed by atoms with E-state index >= 15 is 0 Å². The first-order chi connectivity index (χ1) is 23.0. The molecule has 2 amide bonds. The third kappa shape index (κ3) is 9.96. The third-order valence-corrected chi connectivity index (χ3v) is 7.78. The normalized spacial score (nSPS) is 13.5. The first-order valence-corrected chi connectivity index (χ1v) is 15.4. The Balaban J connectivity index is 1.36. The molecule has 0 aromatic heterocycles.